The molecule has 2 rings (SSSR count). The molecule has 128 valence electrons. The Morgan fingerprint density at radius 2 is 2.08 bits per heavy atom. The van der Waals surface area contributed by atoms with Gasteiger partial charge in [-0.05, 0) is 43.2 Å². The Kier molecular flexibility index (Phi) is 6.23. The summed E-state index contributed by atoms with van der Waals surface area (Å²) in [5.74, 6) is -0.841. The van der Waals surface area contributed by atoms with Crippen LogP contribution in [0.2, 0.25) is 4.34 Å². The first-order valence-corrected chi connectivity index (χ1v) is 8.55. The topological polar surface area (TPSA) is 75.6 Å². The lowest BCUT2D eigenvalue weighted by Gasteiger charge is -2.12. The molecule has 0 saturated carbocycles. The van der Waals surface area contributed by atoms with Crippen LogP contribution >= 0.6 is 22.9 Å². The van der Waals surface area contributed by atoms with E-state index in [1.807, 2.05) is 13.0 Å². The van der Waals surface area contributed by atoms with E-state index in [-0.39, 0.29) is 17.4 Å². The number of benzene rings is 1. The summed E-state index contributed by atoms with van der Waals surface area (Å²) < 4.78 is 5.88. The molecule has 0 aliphatic heterocycles. The summed E-state index contributed by atoms with van der Waals surface area (Å²) in [6.07, 6.45) is 0.548. The van der Waals surface area contributed by atoms with Crippen LogP contribution in [-0.2, 0) is 11.2 Å². The van der Waals surface area contributed by atoms with Gasteiger partial charge >= 0.3 is 5.97 Å². The van der Waals surface area contributed by atoms with Crippen molar-refractivity contribution in [1.29, 1.82) is 0 Å². The zero-order valence-corrected chi connectivity index (χ0v) is 14.9. The van der Waals surface area contributed by atoms with Crippen molar-refractivity contribution in [3.05, 3.63) is 50.7 Å². The van der Waals surface area contributed by atoms with Crippen molar-refractivity contribution < 1.29 is 19.4 Å². The second-order valence-corrected chi connectivity index (χ2v) is 6.98. The van der Waals surface area contributed by atoms with Gasteiger partial charge in [0.05, 0.1) is 22.9 Å². The molecule has 1 aromatic heterocycles. The van der Waals surface area contributed by atoms with Crippen molar-refractivity contribution in [2.75, 3.05) is 13.7 Å². The lowest BCUT2D eigenvalue weighted by Crippen LogP contribution is -2.29. The maximum absolute atomic E-state index is 12.2. The molecule has 1 aromatic carbocycles. The molecule has 0 aliphatic rings. The molecule has 1 atom stereocenters. The minimum absolute atomic E-state index is 0.0744. The van der Waals surface area contributed by atoms with E-state index in [4.69, 9.17) is 21.4 Å². The zero-order chi connectivity index (χ0) is 17.7. The minimum Gasteiger partial charge on any atom is -0.496 e. The molecule has 0 spiro atoms. The van der Waals surface area contributed by atoms with Gasteiger partial charge in [0.2, 0.25) is 5.91 Å². The molecule has 0 bridgehead atoms. The lowest BCUT2D eigenvalue weighted by molar-refractivity contribution is -0.122. The van der Waals surface area contributed by atoms with Crippen LogP contribution < -0.4 is 10.1 Å². The third-order valence-electron chi connectivity index (χ3n) is 3.64. The molecule has 2 N–H and O–H groups in total. The quantitative estimate of drug-likeness (QED) is 0.784. The van der Waals surface area contributed by atoms with Crippen LogP contribution in [0.5, 0.6) is 5.75 Å². The van der Waals surface area contributed by atoms with Crippen molar-refractivity contribution >= 4 is 34.8 Å². The number of halogens is 1. The summed E-state index contributed by atoms with van der Waals surface area (Å²) in [5.41, 5.74) is 1.01. The summed E-state index contributed by atoms with van der Waals surface area (Å²) in [6, 6.07) is 8.34. The molecular formula is C17H18ClNO4S. The van der Waals surface area contributed by atoms with Gasteiger partial charge in [-0.1, -0.05) is 17.7 Å². The maximum atomic E-state index is 12.2. The van der Waals surface area contributed by atoms with Gasteiger partial charge in [-0.3, -0.25) is 4.79 Å². The van der Waals surface area contributed by atoms with E-state index in [0.717, 1.165) is 10.4 Å². The van der Waals surface area contributed by atoms with Crippen LogP contribution in [0.1, 0.15) is 33.6 Å². The first-order chi connectivity index (χ1) is 11.4. The Balaban J connectivity index is 1.94. The number of nitrogens with one attached hydrogen (secondary N) is 1. The Hall–Kier alpha value is -2.05. The average Bonchev–Trinajstić information content (AvgIpc) is 3.00. The van der Waals surface area contributed by atoms with Gasteiger partial charge in [0.1, 0.15) is 5.75 Å². The standard InChI is InChI=1S/C17H18ClNO4S/c1-10(14-5-6-15(18)24-14)16(20)19-8-7-11-3-4-12(17(21)22)9-13(11)23-2/h3-6,9-10H,7-8H2,1-2H3,(H,19,20)(H,21,22). The Labute approximate surface area is 149 Å². The molecule has 5 nitrogen and oxygen atoms in total. The highest BCUT2D eigenvalue weighted by Crippen LogP contribution is 2.28. The SMILES string of the molecule is COc1cc(C(=O)O)ccc1CCNC(=O)C(C)c1ccc(Cl)s1. The van der Waals surface area contributed by atoms with Gasteiger partial charge in [0, 0.05) is 11.4 Å². The van der Waals surface area contributed by atoms with Gasteiger partial charge in [0.25, 0.3) is 0 Å². The number of rotatable bonds is 7. The van der Waals surface area contributed by atoms with Gasteiger partial charge in [-0.2, -0.15) is 0 Å². The number of methoxy groups -OCH3 is 1. The fourth-order valence-corrected chi connectivity index (χ4v) is 3.36. The number of amides is 1. The first-order valence-electron chi connectivity index (χ1n) is 7.35. The van der Waals surface area contributed by atoms with Crippen LogP contribution in [0.15, 0.2) is 30.3 Å². The van der Waals surface area contributed by atoms with E-state index < -0.39 is 5.97 Å². The molecule has 1 heterocycles. The molecule has 7 heteroatoms. The zero-order valence-electron chi connectivity index (χ0n) is 13.3. The molecule has 1 unspecified atom stereocenters. The molecule has 0 aliphatic carbocycles. The largest absolute Gasteiger partial charge is 0.496 e. The highest BCUT2D eigenvalue weighted by molar-refractivity contribution is 7.16. The van der Waals surface area contributed by atoms with Gasteiger partial charge in [-0.25, -0.2) is 4.79 Å². The van der Waals surface area contributed by atoms with Gasteiger partial charge in [0.15, 0.2) is 0 Å². The van der Waals surface area contributed by atoms with E-state index in [9.17, 15) is 9.59 Å². The first kappa shape index (κ1) is 18.3. The molecule has 24 heavy (non-hydrogen) atoms. The van der Waals surface area contributed by atoms with Crippen molar-refractivity contribution in [1.82, 2.24) is 5.32 Å². The molecule has 1 amide bonds. The molecular weight excluding hydrogens is 350 g/mol. The van der Waals surface area contributed by atoms with Crippen LogP contribution in [0.25, 0.3) is 0 Å². The van der Waals surface area contributed by atoms with E-state index in [1.54, 1.807) is 12.1 Å². The van der Waals surface area contributed by atoms with Crippen LogP contribution in [0.3, 0.4) is 0 Å². The second kappa shape index (κ2) is 8.17. The third kappa shape index (κ3) is 4.49. The molecule has 0 radical (unpaired) electrons. The summed E-state index contributed by atoms with van der Waals surface area (Å²) in [6.45, 7) is 2.27. The summed E-state index contributed by atoms with van der Waals surface area (Å²) >= 11 is 7.29. The van der Waals surface area contributed by atoms with Gasteiger partial charge < -0.3 is 15.2 Å². The summed E-state index contributed by atoms with van der Waals surface area (Å²) in [4.78, 5) is 24.1. The Morgan fingerprint density at radius 3 is 2.67 bits per heavy atom. The number of aromatic carboxylic acids is 1. The van der Waals surface area contributed by atoms with Crippen molar-refractivity contribution in [3.63, 3.8) is 0 Å². The van der Waals surface area contributed by atoms with Crippen LogP contribution in [-0.4, -0.2) is 30.6 Å². The minimum atomic E-state index is -1.00. The maximum Gasteiger partial charge on any atom is 0.335 e. The number of hydrogen-bond acceptors (Lipinski definition) is 4. The number of thiophene rings is 1. The number of carbonyl (C=O) groups excluding carboxylic acids is 1. The molecule has 0 fully saturated rings. The van der Waals surface area contributed by atoms with Crippen LogP contribution in [0, 0.1) is 0 Å². The lowest BCUT2D eigenvalue weighted by atomic mass is 10.1. The van der Waals surface area contributed by atoms with E-state index in [0.29, 0.717) is 23.1 Å². The van der Waals surface area contributed by atoms with Crippen LogP contribution in [0.4, 0.5) is 0 Å². The Bertz CT molecular complexity index is 744. The predicted molar refractivity (Wildman–Crippen MR) is 94.4 cm³/mol. The van der Waals surface area contributed by atoms with Crippen molar-refractivity contribution in [3.8, 4) is 5.75 Å². The van der Waals surface area contributed by atoms with Crippen molar-refractivity contribution in [2.24, 2.45) is 0 Å². The van der Waals surface area contributed by atoms with Crippen molar-refractivity contribution in [2.45, 2.75) is 19.3 Å². The highest BCUT2D eigenvalue weighted by Gasteiger charge is 2.17. The van der Waals surface area contributed by atoms with Gasteiger partial charge in [-0.15, -0.1) is 11.3 Å². The third-order valence-corrected chi connectivity index (χ3v) is 5.06. The number of carbonyl (C=O) groups is 2. The molecule has 0 saturated heterocycles. The Morgan fingerprint density at radius 1 is 1.33 bits per heavy atom. The van der Waals surface area contributed by atoms with E-state index >= 15 is 0 Å². The summed E-state index contributed by atoms with van der Waals surface area (Å²) in [7, 11) is 1.49. The highest BCUT2D eigenvalue weighted by atomic mass is 35.5. The fraction of sp³-hybridized carbons (Fsp3) is 0.294. The number of ether oxygens (including phenoxy) is 1. The average molecular weight is 368 g/mol. The number of carboxylic acid groups (broad SMARTS) is 1. The second-order valence-electron chi connectivity index (χ2n) is 5.24. The number of carboxylic acids is 1. The molecule has 2 aromatic rings. The monoisotopic (exact) mass is 367 g/mol. The normalized spacial score (nSPS) is 11.8. The summed E-state index contributed by atoms with van der Waals surface area (Å²) in [5, 5.41) is 11.9. The fourth-order valence-electron chi connectivity index (χ4n) is 2.25. The van der Waals surface area contributed by atoms with E-state index in [1.165, 1.54) is 30.6 Å². The predicted octanol–water partition coefficient (Wildman–Crippen LogP) is 3.57. The van der Waals surface area contributed by atoms with E-state index in [2.05, 4.69) is 5.32 Å². The smallest absolute Gasteiger partial charge is 0.335 e. The number of hydrogen-bond donors (Lipinski definition) is 2.